The molecule has 1 aliphatic rings. The van der Waals surface area contributed by atoms with Crippen LogP contribution in [0.5, 0.6) is 0 Å². The lowest BCUT2D eigenvalue weighted by Crippen LogP contribution is -2.25. The van der Waals surface area contributed by atoms with Crippen molar-refractivity contribution in [3.8, 4) is 0 Å². The van der Waals surface area contributed by atoms with Crippen LogP contribution >= 0.6 is 27.3 Å². The van der Waals surface area contributed by atoms with E-state index in [4.69, 9.17) is 0 Å². The van der Waals surface area contributed by atoms with E-state index in [-0.39, 0.29) is 11.9 Å². The third-order valence-corrected chi connectivity index (χ3v) is 3.53. The second-order valence-corrected chi connectivity index (χ2v) is 5.49. The van der Waals surface area contributed by atoms with Crippen LogP contribution in [0, 0.1) is 0 Å². The largest absolute Gasteiger partial charge is 0.328 e. The van der Waals surface area contributed by atoms with E-state index in [1.165, 1.54) is 18.4 Å². The van der Waals surface area contributed by atoms with Gasteiger partial charge in [-0.1, -0.05) is 0 Å². The quantitative estimate of drug-likeness (QED) is 0.634. The van der Waals surface area contributed by atoms with Crippen molar-refractivity contribution < 1.29 is 9.59 Å². The summed E-state index contributed by atoms with van der Waals surface area (Å²) in [5.74, 6) is -0.301. The molecule has 1 aliphatic heterocycles. The zero-order valence-electron chi connectivity index (χ0n) is 7.78. The predicted octanol–water partition coefficient (Wildman–Crippen LogP) is 2.03. The molecule has 6 heteroatoms. The van der Waals surface area contributed by atoms with Gasteiger partial charge in [-0.2, -0.15) is 0 Å². The first-order valence-electron chi connectivity index (χ1n) is 4.14. The maximum absolute atomic E-state index is 11.5. The topological polar surface area (TPSA) is 49.4 Å². The molecule has 4 nitrogen and oxygen atoms in total. The maximum Gasteiger partial charge on any atom is 0.328 e. The molecule has 1 N–H and O–H groups in total. The minimum atomic E-state index is -0.387. The highest BCUT2D eigenvalue weighted by molar-refractivity contribution is 9.11. The first kappa shape index (κ1) is 10.4. The van der Waals surface area contributed by atoms with E-state index < -0.39 is 0 Å². The summed E-state index contributed by atoms with van der Waals surface area (Å²) < 4.78 is 0.986. The average molecular weight is 287 g/mol. The summed E-state index contributed by atoms with van der Waals surface area (Å²) in [5, 5.41) is 2.50. The van der Waals surface area contributed by atoms with Crippen LogP contribution in [0.3, 0.4) is 0 Å². The lowest BCUT2D eigenvalue weighted by atomic mass is 10.3. The molecule has 1 aromatic rings. The van der Waals surface area contributed by atoms with Crippen molar-refractivity contribution in [2.45, 2.75) is 0 Å². The van der Waals surface area contributed by atoms with Crippen LogP contribution in [0.2, 0.25) is 0 Å². The molecule has 1 saturated heterocycles. The highest BCUT2D eigenvalue weighted by Crippen LogP contribution is 2.24. The Bertz CT molecular complexity index is 466. The number of nitrogens with zero attached hydrogens (tertiary/aromatic N) is 1. The second kappa shape index (κ2) is 3.79. The number of nitrogens with one attached hydrogen (secondary N) is 1. The molecule has 2 heterocycles. The Morgan fingerprint density at radius 3 is 2.67 bits per heavy atom. The number of likely N-dealkylation sites (N-methyl/N-ethyl adjacent to an activating group) is 1. The van der Waals surface area contributed by atoms with Gasteiger partial charge >= 0.3 is 6.03 Å². The predicted molar refractivity (Wildman–Crippen MR) is 61.3 cm³/mol. The lowest BCUT2D eigenvalue weighted by molar-refractivity contribution is -0.121. The normalized spacial score (nSPS) is 18.8. The number of thiophene rings is 1. The monoisotopic (exact) mass is 286 g/mol. The number of halogens is 1. The molecule has 78 valence electrons. The number of amides is 3. The van der Waals surface area contributed by atoms with Crippen LogP contribution in [0.1, 0.15) is 4.88 Å². The molecule has 15 heavy (non-hydrogen) atoms. The van der Waals surface area contributed by atoms with Gasteiger partial charge in [-0.25, -0.2) is 4.79 Å². The van der Waals surface area contributed by atoms with Gasteiger partial charge in [0.15, 0.2) is 0 Å². The third-order valence-electron chi connectivity index (χ3n) is 1.96. The van der Waals surface area contributed by atoms with E-state index in [9.17, 15) is 9.59 Å². The van der Waals surface area contributed by atoms with E-state index in [0.29, 0.717) is 5.70 Å². The van der Waals surface area contributed by atoms with Gasteiger partial charge in [0.05, 0.1) is 3.79 Å². The maximum atomic E-state index is 11.5. The van der Waals surface area contributed by atoms with Gasteiger partial charge in [-0.15, -0.1) is 11.3 Å². The number of urea groups is 1. The fourth-order valence-corrected chi connectivity index (χ4v) is 2.54. The van der Waals surface area contributed by atoms with Gasteiger partial charge in [0.1, 0.15) is 5.70 Å². The summed E-state index contributed by atoms with van der Waals surface area (Å²) in [7, 11) is 1.45. The zero-order valence-corrected chi connectivity index (χ0v) is 10.2. The Morgan fingerprint density at radius 1 is 1.47 bits per heavy atom. The SMILES string of the molecule is CN1C(=O)N/C(=C/c2ccc(Br)s2)C1=O. The Labute approximate surface area is 98.7 Å². The van der Waals surface area contributed by atoms with E-state index in [1.54, 1.807) is 6.08 Å². The van der Waals surface area contributed by atoms with E-state index in [1.807, 2.05) is 12.1 Å². The van der Waals surface area contributed by atoms with Crippen molar-refractivity contribution in [1.29, 1.82) is 0 Å². The summed E-state index contributed by atoms with van der Waals surface area (Å²) in [6, 6.07) is 3.38. The number of carbonyl (C=O) groups excluding carboxylic acids is 2. The summed E-state index contributed by atoms with van der Waals surface area (Å²) in [6.07, 6.45) is 1.67. The molecule has 0 saturated carbocycles. The van der Waals surface area contributed by atoms with Crippen molar-refractivity contribution in [3.05, 3.63) is 26.5 Å². The van der Waals surface area contributed by atoms with Gasteiger partial charge < -0.3 is 5.32 Å². The van der Waals surface area contributed by atoms with Gasteiger partial charge in [0, 0.05) is 11.9 Å². The van der Waals surface area contributed by atoms with Crippen LogP contribution in [-0.2, 0) is 4.79 Å². The van der Waals surface area contributed by atoms with E-state index >= 15 is 0 Å². The number of carbonyl (C=O) groups is 2. The van der Waals surface area contributed by atoms with Crippen molar-refractivity contribution in [2.24, 2.45) is 0 Å². The number of hydrogen-bond donors (Lipinski definition) is 1. The van der Waals surface area contributed by atoms with Gasteiger partial charge in [-0.05, 0) is 34.1 Å². The molecule has 0 bridgehead atoms. The molecule has 0 unspecified atom stereocenters. The fourth-order valence-electron chi connectivity index (χ4n) is 1.17. The highest BCUT2D eigenvalue weighted by Gasteiger charge is 2.29. The molecular weight excluding hydrogens is 280 g/mol. The zero-order chi connectivity index (χ0) is 11.0. The molecule has 0 radical (unpaired) electrons. The standard InChI is InChI=1S/C9H7BrN2O2S/c1-12-8(13)6(11-9(12)14)4-5-2-3-7(10)15-5/h2-4H,1H3,(H,11,14)/b6-4+. The molecule has 3 amide bonds. The van der Waals surface area contributed by atoms with Gasteiger partial charge in [0.25, 0.3) is 5.91 Å². The number of imide groups is 1. The van der Waals surface area contributed by atoms with Crippen molar-refractivity contribution in [1.82, 2.24) is 10.2 Å². The molecule has 0 atom stereocenters. The smallest absolute Gasteiger partial charge is 0.303 e. The Morgan fingerprint density at radius 2 is 2.20 bits per heavy atom. The third kappa shape index (κ3) is 1.95. The van der Waals surface area contributed by atoms with Crippen molar-refractivity contribution in [3.63, 3.8) is 0 Å². The summed E-state index contributed by atoms with van der Waals surface area (Å²) in [6.45, 7) is 0. The van der Waals surface area contributed by atoms with Gasteiger partial charge in [0.2, 0.25) is 0 Å². The molecule has 0 spiro atoms. The van der Waals surface area contributed by atoms with Crippen molar-refractivity contribution in [2.75, 3.05) is 7.05 Å². The summed E-state index contributed by atoms with van der Waals surface area (Å²) >= 11 is 4.82. The molecule has 1 aromatic heterocycles. The summed E-state index contributed by atoms with van der Waals surface area (Å²) in [5.41, 5.74) is 0.317. The Balaban J connectivity index is 2.29. The minimum absolute atomic E-state index is 0.301. The van der Waals surface area contributed by atoms with E-state index in [0.717, 1.165) is 13.6 Å². The first-order chi connectivity index (χ1) is 7.08. The first-order valence-corrected chi connectivity index (χ1v) is 5.75. The average Bonchev–Trinajstić information content (AvgIpc) is 2.68. The van der Waals surface area contributed by atoms with Crippen LogP contribution in [0.4, 0.5) is 4.79 Å². The fraction of sp³-hybridized carbons (Fsp3) is 0.111. The minimum Gasteiger partial charge on any atom is -0.303 e. The van der Waals surface area contributed by atoms with Gasteiger partial charge in [-0.3, -0.25) is 9.69 Å². The van der Waals surface area contributed by atoms with Crippen LogP contribution < -0.4 is 5.32 Å². The molecule has 2 rings (SSSR count). The number of hydrogen-bond acceptors (Lipinski definition) is 3. The lowest BCUT2D eigenvalue weighted by Gasteiger charge is -1.99. The highest BCUT2D eigenvalue weighted by atomic mass is 79.9. The Kier molecular flexibility index (Phi) is 2.62. The Hall–Kier alpha value is -1.14. The molecule has 0 aliphatic carbocycles. The molecular formula is C9H7BrN2O2S. The molecule has 1 fully saturated rings. The number of rotatable bonds is 1. The second-order valence-electron chi connectivity index (χ2n) is 2.99. The van der Waals surface area contributed by atoms with Crippen molar-refractivity contribution >= 4 is 45.3 Å². The molecule has 0 aromatic carbocycles. The summed E-state index contributed by atoms with van der Waals surface area (Å²) in [4.78, 5) is 24.6. The van der Waals surface area contributed by atoms with E-state index in [2.05, 4.69) is 21.2 Å². The van der Waals surface area contributed by atoms with Crippen LogP contribution in [-0.4, -0.2) is 23.9 Å². The van der Waals surface area contributed by atoms with Crippen LogP contribution in [0.15, 0.2) is 21.6 Å². The van der Waals surface area contributed by atoms with Crippen LogP contribution in [0.25, 0.3) is 6.08 Å².